The van der Waals surface area contributed by atoms with Crippen molar-refractivity contribution in [3.8, 4) is 0 Å². The molecule has 4 heteroatoms. The molecule has 0 spiro atoms. The number of nitrogens with zero attached hydrogens (tertiary/aromatic N) is 1. The summed E-state index contributed by atoms with van der Waals surface area (Å²) in [5.41, 5.74) is 4.71. The highest BCUT2D eigenvalue weighted by Gasteiger charge is 1.93. The zero-order chi connectivity index (χ0) is 13.5. The number of nitrogens with one attached hydrogen (secondary N) is 1. The standard InChI is InChI=1S/C15H12Cl2N2/c16-13-6-8-14(9-7-13)19-18-11-10-15(17)12-4-2-1-3-5-12/h1-11,19H/b15-10+,18-11+. The van der Waals surface area contributed by atoms with Crippen molar-refractivity contribution in [2.24, 2.45) is 5.10 Å². The Bertz CT molecular complexity index is 575. The molecule has 0 aromatic heterocycles. The topological polar surface area (TPSA) is 24.4 Å². The van der Waals surface area contributed by atoms with Gasteiger partial charge in [0.25, 0.3) is 0 Å². The van der Waals surface area contributed by atoms with E-state index in [0.29, 0.717) is 10.1 Å². The second-order valence-electron chi connectivity index (χ2n) is 3.78. The third kappa shape index (κ3) is 4.43. The van der Waals surface area contributed by atoms with Gasteiger partial charge in [-0.15, -0.1) is 0 Å². The number of hydrazone groups is 1. The lowest BCUT2D eigenvalue weighted by atomic mass is 10.2. The van der Waals surface area contributed by atoms with E-state index in [1.807, 2.05) is 42.5 Å². The van der Waals surface area contributed by atoms with E-state index in [4.69, 9.17) is 23.2 Å². The predicted molar refractivity (Wildman–Crippen MR) is 83.8 cm³/mol. The predicted octanol–water partition coefficient (Wildman–Crippen LogP) is 5.02. The molecule has 0 fully saturated rings. The highest BCUT2D eigenvalue weighted by atomic mass is 35.5. The molecule has 0 amide bonds. The molecule has 0 aliphatic heterocycles. The van der Waals surface area contributed by atoms with Crippen LogP contribution in [0.15, 0.2) is 65.8 Å². The summed E-state index contributed by atoms with van der Waals surface area (Å²) in [6.07, 6.45) is 3.35. The van der Waals surface area contributed by atoms with Gasteiger partial charge >= 0.3 is 0 Å². The maximum absolute atomic E-state index is 6.13. The molecule has 0 heterocycles. The van der Waals surface area contributed by atoms with E-state index in [9.17, 15) is 0 Å². The minimum absolute atomic E-state index is 0.641. The molecule has 0 radical (unpaired) electrons. The first kappa shape index (κ1) is 13.7. The number of benzene rings is 2. The van der Waals surface area contributed by atoms with Gasteiger partial charge in [0.05, 0.1) is 5.69 Å². The number of halogens is 2. The Morgan fingerprint density at radius 3 is 2.37 bits per heavy atom. The molecule has 0 aliphatic rings. The van der Waals surface area contributed by atoms with Crippen LogP contribution in [0.25, 0.3) is 5.03 Å². The minimum Gasteiger partial charge on any atom is -0.279 e. The molecular weight excluding hydrogens is 279 g/mol. The molecule has 2 aromatic carbocycles. The Hall–Kier alpha value is -1.77. The highest BCUT2D eigenvalue weighted by Crippen LogP contribution is 2.17. The summed E-state index contributed by atoms with van der Waals surface area (Å²) in [5.74, 6) is 0. The van der Waals surface area contributed by atoms with Gasteiger partial charge in [-0.3, -0.25) is 5.43 Å². The third-order valence-corrected chi connectivity index (χ3v) is 2.98. The summed E-state index contributed by atoms with van der Waals surface area (Å²) < 4.78 is 0. The molecule has 0 atom stereocenters. The Balaban J connectivity index is 1.94. The van der Waals surface area contributed by atoms with Crippen LogP contribution >= 0.6 is 23.2 Å². The van der Waals surface area contributed by atoms with Crippen molar-refractivity contribution >= 4 is 40.1 Å². The largest absolute Gasteiger partial charge is 0.279 e. The SMILES string of the molecule is Cl/C(=C/C=N/Nc1ccc(Cl)cc1)c1ccccc1. The molecule has 96 valence electrons. The fraction of sp³-hybridized carbons (Fsp3) is 0. The molecule has 0 saturated carbocycles. The van der Waals surface area contributed by atoms with Gasteiger partial charge in [0.1, 0.15) is 0 Å². The summed E-state index contributed by atoms with van der Waals surface area (Å²) in [4.78, 5) is 0. The Kier molecular flexibility index (Phi) is 5.01. The maximum atomic E-state index is 6.13. The van der Waals surface area contributed by atoms with Crippen LogP contribution in [-0.4, -0.2) is 6.21 Å². The van der Waals surface area contributed by atoms with Crippen molar-refractivity contribution in [2.75, 3.05) is 5.43 Å². The quantitative estimate of drug-likeness (QED) is 0.621. The lowest BCUT2D eigenvalue weighted by Crippen LogP contribution is -1.87. The fourth-order valence-corrected chi connectivity index (χ4v) is 1.74. The van der Waals surface area contributed by atoms with E-state index in [-0.39, 0.29) is 0 Å². The number of hydrogen-bond donors (Lipinski definition) is 1. The zero-order valence-corrected chi connectivity index (χ0v) is 11.6. The summed E-state index contributed by atoms with van der Waals surface area (Å²) in [7, 11) is 0. The van der Waals surface area contributed by atoms with Crippen LogP contribution in [0.1, 0.15) is 5.56 Å². The van der Waals surface area contributed by atoms with Gasteiger partial charge < -0.3 is 0 Å². The summed E-state index contributed by atoms with van der Waals surface area (Å²) in [5, 5.41) is 5.39. The smallest absolute Gasteiger partial charge is 0.0562 e. The Morgan fingerprint density at radius 1 is 1.00 bits per heavy atom. The van der Waals surface area contributed by atoms with Crippen molar-refractivity contribution in [3.05, 3.63) is 71.3 Å². The Labute approximate surface area is 122 Å². The molecule has 2 nitrogen and oxygen atoms in total. The number of allylic oxidation sites excluding steroid dienone is 1. The third-order valence-electron chi connectivity index (χ3n) is 2.38. The van der Waals surface area contributed by atoms with Gasteiger partial charge in [0.15, 0.2) is 0 Å². The van der Waals surface area contributed by atoms with Gasteiger partial charge in [0.2, 0.25) is 0 Å². The van der Waals surface area contributed by atoms with Crippen LogP contribution in [0.4, 0.5) is 5.69 Å². The van der Waals surface area contributed by atoms with Crippen molar-refractivity contribution in [3.63, 3.8) is 0 Å². The number of anilines is 1. The van der Waals surface area contributed by atoms with Crippen LogP contribution < -0.4 is 5.43 Å². The first-order valence-electron chi connectivity index (χ1n) is 5.71. The summed E-state index contributed by atoms with van der Waals surface area (Å²) >= 11 is 11.9. The van der Waals surface area contributed by atoms with Crippen molar-refractivity contribution in [1.82, 2.24) is 0 Å². The number of rotatable bonds is 4. The zero-order valence-electron chi connectivity index (χ0n) is 10.1. The van der Waals surface area contributed by atoms with Crippen LogP contribution in [-0.2, 0) is 0 Å². The maximum Gasteiger partial charge on any atom is 0.0562 e. The molecule has 0 saturated heterocycles. The second-order valence-corrected chi connectivity index (χ2v) is 4.62. The molecule has 0 aliphatic carbocycles. The highest BCUT2D eigenvalue weighted by molar-refractivity contribution is 6.49. The molecule has 0 unspecified atom stereocenters. The fourth-order valence-electron chi connectivity index (χ4n) is 1.43. The van der Waals surface area contributed by atoms with E-state index in [1.54, 1.807) is 24.4 Å². The molecule has 2 rings (SSSR count). The van der Waals surface area contributed by atoms with Gasteiger partial charge in [-0.05, 0) is 35.9 Å². The summed E-state index contributed by atoms with van der Waals surface area (Å²) in [6, 6.07) is 17.0. The van der Waals surface area contributed by atoms with Crippen LogP contribution in [0.2, 0.25) is 5.02 Å². The average Bonchev–Trinajstić information content (AvgIpc) is 2.46. The van der Waals surface area contributed by atoms with Gasteiger partial charge in [-0.2, -0.15) is 5.10 Å². The lowest BCUT2D eigenvalue weighted by Gasteiger charge is -1.99. The van der Waals surface area contributed by atoms with E-state index in [2.05, 4.69) is 10.5 Å². The van der Waals surface area contributed by atoms with Crippen LogP contribution in [0.3, 0.4) is 0 Å². The average molecular weight is 291 g/mol. The van der Waals surface area contributed by atoms with Crippen molar-refractivity contribution < 1.29 is 0 Å². The lowest BCUT2D eigenvalue weighted by molar-refractivity contribution is 1.36. The monoisotopic (exact) mass is 290 g/mol. The molecular formula is C15H12Cl2N2. The van der Waals surface area contributed by atoms with E-state index in [1.165, 1.54) is 0 Å². The van der Waals surface area contributed by atoms with Crippen LogP contribution in [0, 0.1) is 0 Å². The summed E-state index contributed by atoms with van der Waals surface area (Å²) in [6.45, 7) is 0. The van der Waals surface area contributed by atoms with Gasteiger partial charge in [-0.1, -0.05) is 53.5 Å². The van der Waals surface area contributed by atoms with E-state index in [0.717, 1.165) is 11.3 Å². The minimum atomic E-state index is 0.641. The van der Waals surface area contributed by atoms with Gasteiger partial charge in [0, 0.05) is 16.3 Å². The van der Waals surface area contributed by atoms with E-state index < -0.39 is 0 Å². The van der Waals surface area contributed by atoms with Crippen LogP contribution in [0.5, 0.6) is 0 Å². The van der Waals surface area contributed by atoms with Crippen molar-refractivity contribution in [1.29, 1.82) is 0 Å². The molecule has 0 bridgehead atoms. The normalized spacial score (nSPS) is 11.8. The van der Waals surface area contributed by atoms with Gasteiger partial charge in [-0.25, -0.2) is 0 Å². The van der Waals surface area contributed by atoms with Crippen molar-refractivity contribution in [2.45, 2.75) is 0 Å². The second kappa shape index (κ2) is 6.98. The molecule has 19 heavy (non-hydrogen) atoms. The number of hydrogen-bond acceptors (Lipinski definition) is 2. The molecule has 1 N–H and O–H groups in total. The molecule has 2 aromatic rings. The first-order valence-corrected chi connectivity index (χ1v) is 6.47. The van der Waals surface area contributed by atoms with E-state index >= 15 is 0 Å². The first-order chi connectivity index (χ1) is 9.25. The Morgan fingerprint density at radius 2 is 1.68 bits per heavy atom.